The minimum Gasteiger partial charge on any atom is -0.457 e. The summed E-state index contributed by atoms with van der Waals surface area (Å²) in [4.78, 5) is 10.6. The van der Waals surface area contributed by atoms with Gasteiger partial charge in [0.15, 0.2) is 5.96 Å². The van der Waals surface area contributed by atoms with Crippen molar-refractivity contribution in [1.82, 2.24) is 25.0 Å². The van der Waals surface area contributed by atoms with E-state index >= 15 is 0 Å². The van der Waals surface area contributed by atoms with Crippen LogP contribution in [-0.4, -0.2) is 39.7 Å². The lowest BCUT2D eigenvalue weighted by molar-refractivity contribution is 0.445. The maximum atomic E-state index is 6.08. The SMILES string of the molecule is CN=C(NCc1ccccc1Oc1ccc(C)cc1)N(C)Cc1ncnn1C.I. The molecular formula is C21H27IN6O. The van der Waals surface area contributed by atoms with Crippen LogP contribution in [0.25, 0.3) is 0 Å². The maximum Gasteiger partial charge on any atom is 0.194 e. The van der Waals surface area contributed by atoms with Crippen molar-refractivity contribution in [2.24, 2.45) is 12.0 Å². The minimum absolute atomic E-state index is 0. The van der Waals surface area contributed by atoms with Crippen LogP contribution >= 0.6 is 24.0 Å². The van der Waals surface area contributed by atoms with E-state index in [9.17, 15) is 0 Å². The van der Waals surface area contributed by atoms with Gasteiger partial charge in [0.1, 0.15) is 23.7 Å². The molecule has 0 aliphatic rings. The highest BCUT2D eigenvalue weighted by Gasteiger charge is 2.11. The quantitative estimate of drug-likeness (QED) is 0.314. The number of benzene rings is 2. The van der Waals surface area contributed by atoms with E-state index in [0.717, 1.165) is 28.8 Å². The number of ether oxygens (including phenoxy) is 1. The zero-order chi connectivity index (χ0) is 19.9. The molecule has 0 radical (unpaired) electrons. The number of guanidine groups is 1. The lowest BCUT2D eigenvalue weighted by Crippen LogP contribution is -2.38. The topological polar surface area (TPSA) is 67.6 Å². The predicted molar refractivity (Wildman–Crippen MR) is 126 cm³/mol. The van der Waals surface area contributed by atoms with Gasteiger partial charge in [0.25, 0.3) is 0 Å². The number of nitrogens with one attached hydrogen (secondary N) is 1. The van der Waals surface area contributed by atoms with Crippen LogP contribution in [0, 0.1) is 6.92 Å². The largest absolute Gasteiger partial charge is 0.457 e. The van der Waals surface area contributed by atoms with Gasteiger partial charge in [0.05, 0.1) is 6.54 Å². The van der Waals surface area contributed by atoms with Crippen molar-refractivity contribution < 1.29 is 4.74 Å². The molecular weight excluding hydrogens is 479 g/mol. The average molecular weight is 506 g/mol. The summed E-state index contributed by atoms with van der Waals surface area (Å²) in [6, 6.07) is 16.0. The van der Waals surface area contributed by atoms with Gasteiger partial charge in [0, 0.05) is 33.3 Å². The number of para-hydroxylation sites is 1. The summed E-state index contributed by atoms with van der Waals surface area (Å²) in [7, 11) is 5.62. The third-order valence-corrected chi connectivity index (χ3v) is 4.42. The van der Waals surface area contributed by atoms with Crippen LogP contribution in [0.1, 0.15) is 17.0 Å². The van der Waals surface area contributed by atoms with Gasteiger partial charge < -0.3 is 15.0 Å². The van der Waals surface area contributed by atoms with Gasteiger partial charge in [-0.2, -0.15) is 5.10 Å². The molecule has 0 bridgehead atoms. The fourth-order valence-corrected chi connectivity index (χ4v) is 2.79. The molecule has 0 saturated heterocycles. The van der Waals surface area contributed by atoms with E-state index in [-0.39, 0.29) is 24.0 Å². The average Bonchev–Trinajstić information content (AvgIpc) is 3.10. The van der Waals surface area contributed by atoms with Crippen molar-refractivity contribution >= 4 is 29.9 Å². The molecule has 0 amide bonds. The van der Waals surface area contributed by atoms with Gasteiger partial charge in [-0.05, 0) is 25.1 Å². The summed E-state index contributed by atoms with van der Waals surface area (Å²) in [5.41, 5.74) is 2.26. The van der Waals surface area contributed by atoms with Crippen molar-refractivity contribution in [1.29, 1.82) is 0 Å². The summed E-state index contributed by atoms with van der Waals surface area (Å²) in [6.07, 6.45) is 1.55. The first-order valence-electron chi connectivity index (χ1n) is 9.14. The van der Waals surface area contributed by atoms with Gasteiger partial charge in [-0.25, -0.2) is 4.98 Å². The van der Waals surface area contributed by atoms with Gasteiger partial charge in [0.2, 0.25) is 0 Å². The summed E-state index contributed by atoms with van der Waals surface area (Å²) in [6.45, 7) is 3.26. The van der Waals surface area contributed by atoms with Crippen LogP contribution in [0.3, 0.4) is 0 Å². The number of nitrogens with zero attached hydrogens (tertiary/aromatic N) is 5. The van der Waals surface area contributed by atoms with Gasteiger partial charge in [-0.1, -0.05) is 35.9 Å². The molecule has 0 fully saturated rings. The molecule has 0 atom stereocenters. The predicted octanol–water partition coefficient (Wildman–Crippen LogP) is 3.74. The summed E-state index contributed by atoms with van der Waals surface area (Å²) in [5, 5.41) is 7.50. The lowest BCUT2D eigenvalue weighted by Gasteiger charge is -2.22. The van der Waals surface area contributed by atoms with Gasteiger partial charge >= 0.3 is 0 Å². The van der Waals surface area contributed by atoms with E-state index in [4.69, 9.17) is 4.74 Å². The molecule has 29 heavy (non-hydrogen) atoms. The first-order valence-corrected chi connectivity index (χ1v) is 9.14. The van der Waals surface area contributed by atoms with Crippen LogP contribution in [0.5, 0.6) is 11.5 Å². The number of hydrogen-bond acceptors (Lipinski definition) is 4. The molecule has 3 rings (SSSR count). The van der Waals surface area contributed by atoms with Crippen LogP contribution in [-0.2, 0) is 20.1 Å². The van der Waals surface area contributed by atoms with Gasteiger partial charge in [-0.15, -0.1) is 24.0 Å². The fourth-order valence-electron chi connectivity index (χ4n) is 2.79. The Kier molecular flexibility index (Phi) is 8.44. The Morgan fingerprint density at radius 1 is 1.17 bits per heavy atom. The number of aromatic nitrogens is 3. The zero-order valence-electron chi connectivity index (χ0n) is 17.2. The fraction of sp³-hybridized carbons (Fsp3) is 0.286. The Balaban J connectivity index is 0.00000300. The summed E-state index contributed by atoms with van der Waals surface area (Å²) >= 11 is 0. The Morgan fingerprint density at radius 2 is 1.90 bits per heavy atom. The highest BCUT2D eigenvalue weighted by atomic mass is 127. The van der Waals surface area contributed by atoms with E-state index in [1.54, 1.807) is 18.1 Å². The third kappa shape index (κ3) is 6.18. The molecule has 154 valence electrons. The highest BCUT2D eigenvalue weighted by molar-refractivity contribution is 14.0. The van der Waals surface area contributed by atoms with Crippen molar-refractivity contribution in [3.05, 3.63) is 71.8 Å². The van der Waals surface area contributed by atoms with Gasteiger partial charge in [-0.3, -0.25) is 9.67 Å². The summed E-state index contributed by atoms with van der Waals surface area (Å²) < 4.78 is 7.84. The molecule has 1 heterocycles. The van der Waals surface area contributed by atoms with E-state index < -0.39 is 0 Å². The molecule has 7 nitrogen and oxygen atoms in total. The second kappa shape index (κ2) is 10.8. The standard InChI is InChI=1S/C21H26N6O.HI/c1-16-9-11-18(12-10-16)28-19-8-6-5-7-17(19)13-23-21(22-2)26(3)14-20-24-15-25-27(20)4;/h5-12,15H,13-14H2,1-4H3,(H,22,23);1H. The Labute approximate surface area is 188 Å². The molecule has 1 N–H and O–H groups in total. The normalized spacial score (nSPS) is 11.0. The Bertz CT molecular complexity index is 938. The third-order valence-electron chi connectivity index (χ3n) is 4.42. The van der Waals surface area contributed by atoms with E-state index in [0.29, 0.717) is 13.1 Å². The number of hydrogen-bond donors (Lipinski definition) is 1. The van der Waals surface area contributed by atoms with Crippen molar-refractivity contribution in [2.45, 2.75) is 20.0 Å². The molecule has 0 spiro atoms. The minimum atomic E-state index is 0. The smallest absolute Gasteiger partial charge is 0.194 e. The van der Waals surface area contributed by atoms with Crippen molar-refractivity contribution in [3.8, 4) is 11.5 Å². The second-order valence-corrected chi connectivity index (χ2v) is 6.58. The molecule has 8 heteroatoms. The molecule has 0 aliphatic heterocycles. The first kappa shape index (κ1) is 22.7. The highest BCUT2D eigenvalue weighted by Crippen LogP contribution is 2.25. The van der Waals surface area contributed by atoms with Crippen molar-refractivity contribution in [3.63, 3.8) is 0 Å². The number of aryl methyl sites for hydroxylation is 2. The van der Waals surface area contributed by atoms with E-state index in [2.05, 4.69) is 27.3 Å². The van der Waals surface area contributed by atoms with E-state index in [1.165, 1.54) is 5.56 Å². The first-order chi connectivity index (χ1) is 13.6. The zero-order valence-corrected chi connectivity index (χ0v) is 19.5. The molecule has 0 unspecified atom stereocenters. The van der Waals surface area contributed by atoms with Crippen LogP contribution in [0.4, 0.5) is 0 Å². The Hall–Kier alpha value is -2.62. The van der Waals surface area contributed by atoms with Crippen LogP contribution < -0.4 is 10.1 Å². The second-order valence-electron chi connectivity index (χ2n) is 6.58. The molecule has 1 aromatic heterocycles. The molecule has 2 aromatic carbocycles. The monoisotopic (exact) mass is 506 g/mol. The number of aliphatic imine (C=N–C) groups is 1. The van der Waals surface area contributed by atoms with E-state index in [1.807, 2.05) is 67.5 Å². The summed E-state index contributed by atoms with van der Waals surface area (Å²) in [5.74, 6) is 3.29. The lowest BCUT2D eigenvalue weighted by atomic mass is 10.2. The Morgan fingerprint density at radius 3 is 2.55 bits per heavy atom. The number of rotatable bonds is 6. The molecule has 0 saturated carbocycles. The van der Waals surface area contributed by atoms with Crippen molar-refractivity contribution in [2.75, 3.05) is 14.1 Å². The molecule has 3 aromatic rings. The van der Waals surface area contributed by atoms with Crippen LogP contribution in [0.2, 0.25) is 0 Å². The maximum absolute atomic E-state index is 6.08. The van der Waals surface area contributed by atoms with Crippen LogP contribution in [0.15, 0.2) is 59.9 Å². The number of halogens is 1. The molecule has 0 aliphatic carbocycles.